The van der Waals surface area contributed by atoms with Gasteiger partial charge in [-0.25, -0.2) is 9.97 Å². The van der Waals surface area contributed by atoms with Crippen LogP contribution in [0.25, 0.3) is 0 Å². The maximum atomic E-state index is 12.1. The fourth-order valence-electron chi connectivity index (χ4n) is 2.47. The summed E-state index contributed by atoms with van der Waals surface area (Å²) in [6.45, 7) is 10.1. The molecule has 0 saturated carbocycles. The molecule has 0 amide bonds. The Morgan fingerprint density at radius 2 is 1.84 bits per heavy atom. The Labute approximate surface area is 170 Å². The van der Waals surface area contributed by atoms with Gasteiger partial charge in [0, 0.05) is 73.5 Å². The first-order chi connectivity index (χ1) is 11.4. The number of piperazine rings is 1. The summed E-state index contributed by atoms with van der Waals surface area (Å²) >= 11 is 0. The Kier molecular flexibility index (Phi) is 9.04. The highest BCUT2D eigenvalue weighted by atomic mass is 127. The first-order valence-corrected chi connectivity index (χ1v) is 9.60. The van der Waals surface area contributed by atoms with Crippen molar-refractivity contribution in [3.05, 3.63) is 18.5 Å². The molecule has 0 spiro atoms. The van der Waals surface area contributed by atoms with Gasteiger partial charge in [0.15, 0.2) is 5.96 Å². The van der Waals surface area contributed by atoms with E-state index in [0.717, 1.165) is 38.1 Å². The maximum Gasteiger partial charge on any atom is 0.225 e. The van der Waals surface area contributed by atoms with Crippen molar-refractivity contribution in [2.75, 3.05) is 50.4 Å². The molecule has 25 heavy (non-hydrogen) atoms. The van der Waals surface area contributed by atoms with Gasteiger partial charge in [0.05, 0.1) is 0 Å². The van der Waals surface area contributed by atoms with Crippen LogP contribution in [0.5, 0.6) is 0 Å². The Morgan fingerprint density at radius 1 is 1.24 bits per heavy atom. The Hall–Kier alpha value is -0.970. The number of rotatable bonds is 4. The maximum absolute atomic E-state index is 12.1. The molecule has 142 valence electrons. The lowest BCUT2D eigenvalue weighted by molar-refractivity contribution is 0.371. The Bertz CT molecular complexity index is 570. The number of nitrogens with one attached hydrogen (secondary N) is 1. The van der Waals surface area contributed by atoms with Crippen LogP contribution < -0.4 is 10.2 Å². The van der Waals surface area contributed by atoms with Gasteiger partial charge in [-0.3, -0.25) is 9.20 Å². The summed E-state index contributed by atoms with van der Waals surface area (Å²) in [7, 11) is 0.935. The molecule has 1 aromatic heterocycles. The number of halogens is 1. The molecule has 0 radical (unpaired) electrons. The number of hydrogen-bond acceptors (Lipinski definition) is 5. The second kappa shape index (κ2) is 10.2. The minimum absolute atomic E-state index is 0. The third-order valence-corrected chi connectivity index (χ3v) is 5.82. The van der Waals surface area contributed by atoms with Gasteiger partial charge in [-0.1, -0.05) is 0 Å². The van der Waals surface area contributed by atoms with E-state index in [4.69, 9.17) is 0 Å². The van der Waals surface area contributed by atoms with Crippen LogP contribution in [0.1, 0.15) is 20.8 Å². The molecule has 0 bridgehead atoms. The van der Waals surface area contributed by atoms with E-state index < -0.39 is 10.8 Å². The van der Waals surface area contributed by atoms with Gasteiger partial charge >= 0.3 is 0 Å². The van der Waals surface area contributed by atoms with Crippen LogP contribution in [-0.4, -0.2) is 75.3 Å². The molecule has 1 saturated heterocycles. The number of hydrogen-bond donors (Lipinski definition) is 1. The Balaban J connectivity index is 0.00000312. The highest BCUT2D eigenvalue weighted by Crippen LogP contribution is 2.11. The van der Waals surface area contributed by atoms with E-state index in [1.807, 2.05) is 26.8 Å². The predicted molar refractivity (Wildman–Crippen MR) is 115 cm³/mol. The molecule has 7 nitrogen and oxygen atoms in total. The van der Waals surface area contributed by atoms with Gasteiger partial charge in [0.2, 0.25) is 5.95 Å². The monoisotopic (exact) mass is 480 g/mol. The topological polar surface area (TPSA) is 73.7 Å². The predicted octanol–water partition coefficient (Wildman–Crippen LogP) is 1.34. The lowest BCUT2D eigenvalue weighted by Gasteiger charge is -2.36. The molecule has 9 heteroatoms. The van der Waals surface area contributed by atoms with Crippen molar-refractivity contribution in [2.24, 2.45) is 4.99 Å². The van der Waals surface area contributed by atoms with Crippen LogP contribution in [0, 0.1) is 0 Å². The van der Waals surface area contributed by atoms with Crippen molar-refractivity contribution in [2.45, 2.75) is 25.5 Å². The van der Waals surface area contributed by atoms with Crippen molar-refractivity contribution in [3.63, 3.8) is 0 Å². The Morgan fingerprint density at radius 3 is 2.36 bits per heavy atom. The van der Waals surface area contributed by atoms with E-state index in [-0.39, 0.29) is 28.7 Å². The first-order valence-electron chi connectivity index (χ1n) is 8.28. The van der Waals surface area contributed by atoms with Gasteiger partial charge < -0.3 is 15.1 Å². The molecule has 1 aromatic rings. The summed E-state index contributed by atoms with van der Waals surface area (Å²) in [6.07, 6.45) is 3.54. The van der Waals surface area contributed by atoms with Crippen LogP contribution in [0.15, 0.2) is 23.5 Å². The second-order valence-corrected chi connectivity index (χ2v) is 8.98. The van der Waals surface area contributed by atoms with Crippen LogP contribution in [-0.2, 0) is 10.8 Å². The normalized spacial score (nSPS) is 17.0. The largest absolute Gasteiger partial charge is 0.355 e. The summed E-state index contributed by atoms with van der Waals surface area (Å²) in [5.41, 5.74) is 0. The van der Waals surface area contributed by atoms with Crippen molar-refractivity contribution < 1.29 is 4.21 Å². The van der Waals surface area contributed by atoms with Crippen LogP contribution in [0.2, 0.25) is 0 Å². The zero-order valence-electron chi connectivity index (χ0n) is 15.4. The number of guanidine groups is 1. The summed E-state index contributed by atoms with van der Waals surface area (Å²) < 4.78 is 11.9. The molecule has 1 aliphatic rings. The van der Waals surface area contributed by atoms with Gasteiger partial charge in [0.1, 0.15) is 0 Å². The molecular weight excluding hydrogens is 451 g/mol. The van der Waals surface area contributed by atoms with E-state index >= 15 is 0 Å². The minimum Gasteiger partial charge on any atom is -0.355 e. The number of aliphatic imine (C=N–C) groups is 1. The minimum atomic E-state index is -0.852. The van der Waals surface area contributed by atoms with Crippen molar-refractivity contribution in [1.29, 1.82) is 0 Å². The molecule has 2 rings (SSSR count). The summed E-state index contributed by atoms with van der Waals surface area (Å²) in [5, 5.41) is 3.33. The zero-order chi connectivity index (χ0) is 17.6. The molecule has 2 heterocycles. The van der Waals surface area contributed by atoms with Crippen LogP contribution in [0.4, 0.5) is 5.95 Å². The lowest BCUT2D eigenvalue weighted by atomic mass is 10.3. The van der Waals surface area contributed by atoms with Crippen molar-refractivity contribution >= 4 is 46.7 Å². The SMILES string of the molecule is CN=C(NCCS(=O)C(C)(C)C)N1CCN(c2ncccn2)CC1.I. The smallest absolute Gasteiger partial charge is 0.225 e. The molecule has 1 N–H and O–H groups in total. The van der Waals surface area contributed by atoms with Gasteiger partial charge in [-0.05, 0) is 26.8 Å². The fraction of sp³-hybridized carbons (Fsp3) is 0.688. The van der Waals surface area contributed by atoms with E-state index in [9.17, 15) is 4.21 Å². The number of nitrogens with zero attached hydrogens (tertiary/aromatic N) is 5. The molecule has 0 aromatic carbocycles. The van der Waals surface area contributed by atoms with Gasteiger partial charge in [-0.15, -0.1) is 24.0 Å². The number of anilines is 1. The van der Waals surface area contributed by atoms with E-state index in [1.54, 1.807) is 19.4 Å². The van der Waals surface area contributed by atoms with Crippen molar-refractivity contribution in [3.8, 4) is 0 Å². The molecule has 1 unspecified atom stereocenters. The average Bonchev–Trinajstić information content (AvgIpc) is 2.59. The van der Waals surface area contributed by atoms with Gasteiger partial charge in [-0.2, -0.15) is 0 Å². The molecule has 0 aliphatic carbocycles. The molecule has 1 fully saturated rings. The summed E-state index contributed by atoms with van der Waals surface area (Å²) in [4.78, 5) is 17.4. The zero-order valence-corrected chi connectivity index (χ0v) is 18.6. The van der Waals surface area contributed by atoms with E-state index in [2.05, 4.69) is 30.1 Å². The average molecular weight is 480 g/mol. The quantitative estimate of drug-likeness (QED) is 0.399. The number of aromatic nitrogens is 2. The van der Waals surface area contributed by atoms with Crippen molar-refractivity contribution in [1.82, 2.24) is 20.2 Å². The highest BCUT2D eigenvalue weighted by Gasteiger charge is 2.22. The molecule has 1 aliphatic heterocycles. The van der Waals surface area contributed by atoms with Gasteiger partial charge in [0.25, 0.3) is 0 Å². The van der Waals surface area contributed by atoms with E-state index in [1.165, 1.54) is 0 Å². The van der Waals surface area contributed by atoms with Crippen LogP contribution >= 0.6 is 24.0 Å². The molecule has 1 atom stereocenters. The van der Waals surface area contributed by atoms with Crippen LogP contribution in [0.3, 0.4) is 0 Å². The fourth-order valence-corrected chi connectivity index (χ4v) is 3.37. The second-order valence-electron chi connectivity index (χ2n) is 6.66. The van der Waals surface area contributed by atoms with E-state index in [0.29, 0.717) is 12.3 Å². The first kappa shape index (κ1) is 22.1. The molecular formula is C16H29IN6OS. The third-order valence-electron chi connectivity index (χ3n) is 3.88. The standard InChI is InChI=1S/C16H28N6OS.HI/c1-16(2,3)24(23)13-8-20-14(17-4)21-9-11-22(12-10-21)15-18-6-5-7-19-15;/h5-7H,8-13H2,1-4H3,(H,17,20);1H. The summed E-state index contributed by atoms with van der Waals surface area (Å²) in [6, 6.07) is 1.83. The highest BCUT2D eigenvalue weighted by molar-refractivity contribution is 14.0. The lowest BCUT2D eigenvalue weighted by Crippen LogP contribution is -2.53. The third kappa shape index (κ3) is 6.69. The summed E-state index contributed by atoms with van der Waals surface area (Å²) in [5.74, 6) is 2.27.